The highest BCUT2D eigenvalue weighted by atomic mass is 19.1. The van der Waals surface area contributed by atoms with Crippen LogP contribution in [0.3, 0.4) is 0 Å². The number of carbonyl (C=O) groups is 3. The Morgan fingerprint density at radius 2 is 1.74 bits per heavy atom. The first kappa shape index (κ1) is 34.0. The van der Waals surface area contributed by atoms with E-state index < -0.39 is 23.5 Å². The summed E-state index contributed by atoms with van der Waals surface area (Å²) in [7, 11) is 1.55. The van der Waals surface area contributed by atoms with Gasteiger partial charge >= 0.3 is 12.1 Å². The summed E-state index contributed by atoms with van der Waals surface area (Å²) in [6, 6.07) is 15.4. The monoisotopic (exact) mass is 634 g/mol. The van der Waals surface area contributed by atoms with E-state index in [0.29, 0.717) is 44.9 Å². The molecule has 244 valence electrons. The van der Waals surface area contributed by atoms with Crippen molar-refractivity contribution in [3.8, 4) is 16.9 Å². The van der Waals surface area contributed by atoms with Crippen molar-refractivity contribution >= 4 is 34.6 Å². The van der Waals surface area contributed by atoms with Crippen LogP contribution in [0.15, 0.2) is 59.0 Å². The maximum Gasteiger partial charge on any atom is 0.407 e. The number of hydrogen-bond donors (Lipinski definition) is 2. The zero-order valence-corrected chi connectivity index (χ0v) is 26.9. The predicted molar refractivity (Wildman–Crippen MR) is 171 cm³/mol. The van der Waals surface area contributed by atoms with E-state index in [1.165, 1.54) is 6.92 Å². The van der Waals surface area contributed by atoms with Gasteiger partial charge < -0.3 is 34.0 Å². The molecule has 1 aromatic heterocycles. The summed E-state index contributed by atoms with van der Waals surface area (Å²) >= 11 is 0. The normalized spacial score (nSPS) is 11.3. The summed E-state index contributed by atoms with van der Waals surface area (Å²) in [4.78, 5) is 36.2. The van der Waals surface area contributed by atoms with E-state index in [1.54, 1.807) is 77.3 Å². The molecule has 0 unspecified atom stereocenters. The average molecular weight is 635 g/mol. The van der Waals surface area contributed by atoms with Crippen molar-refractivity contribution in [2.24, 2.45) is 0 Å². The number of anilines is 1. The Morgan fingerprint density at radius 1 is 0.957 bits per heavy atom. The Morgan fingerprint density at radius 3 is 2.43 bits per heavy atom. The topological polar surface area (TPSA) is 125 Å². The molecule has 0 fully saturated rings. The largest absolute Gasteiger partial charge is 0.489 e. The van der Waals surface area contributed by atoms with Crippen LogP contribution in [-0.2, 0) is 50.0 Å². The van der Waals surface area contributed by atoms with Crippen LogP contribution in [0.4, 0.5) is 14.9 Å². The first-order valence-corrected chi connectivity index (χ1v) is 14.8. The first-order valence-electron chi connectivity index (χ1n) is 14.8. The van der Waals surface area contributed by atoms with Gasteiger partial charge in [-0.2, -0.15) is 0 Å². The number of amides is 2. The number of hydrogen-bond acceptors (Lipinski definition) is 8. The standard InChI is InChI=1S/C35H39FN2O8/c1-7-43-31(40)16-23-11-12-26(38-21(2)39)17-30(23)44-19-22-13-25-15-27(20-42-6)45-33(25)29(14-22)28-10-8-9-24(32(28)36)18-37-34(41)46-35(3,4)5/h8-15,17H,7,16,18-20H2,1-6H3,(H,37,41)(H,38,39). The van der Waals surface area contributed by atoms with E-state index in [1.807, 2.05) is 12.1 Å². The van der Waals surface area contributed by atoms with Crippen molar-refractivity contribution in [3.05, 3.63) is 82.9 Å². The van der Waals surface area contributed by atoms with Crippen LogP contribution >= 0.6 is 0 Å². The molecule has 0 atom stereocenters. The van der Waals surface area contributed by atoms with Crippen molar-refractivity contribution < 1.29 is 42.1 Å². The van der Waals surface area contributed by atoms with Crippen molar-refractivity contribution in [2.75, 3.05) is 19.0 Å². The Balaban J connectivity index is 1.69. The van der Waals surface area contributed by atoms with Crippen LogP contribution in [0, 0.1) is 5.82 Å². The molecular formula is C35H39FN2O8. The third-order valence-electron chi connectivity index (χ3n) is 6.63. The van der Waals surface area contributed by atoms with Gasteiger partial charge in [0.15, 0.2) is 0 Å². The van der Waals surface area contributed by atoms with Gasteiger partial charge in [-0.25, -0.2) is 9.18 Å². The van der Waals surface area contributed by atoms with Crippen LogP contribution < -0.4 is 15.4 Å². The fraction of sp³-hybridized carbons (Fsp3) is 0.343. The van der Waals surface area contributed by atoms with Gasteiger partial charge in [0.25, 0.3) is 0 Å². The molecule has 0 radical (unpaired) electrons. The molecule has 3 aromatic carbocycles. The molecule has 0 bridgehead atoms. The van der Waals surface area contributed by atoms with Gasteiger partial charge in [-0.3, -0.25) is 9.59 Å². The lowest BCUT2D eigenvalue weighted by atomic mass is 9.98. The Labute approximate surface area is 267 Å². The van der Waals surface area contributed by atoms with Crippen molar-refractivity contribution in [2.45, 2.75) is 66.4 Å². The van der Waals surface area contributed by atoms with Gasteiger partial charge in [0.1, 0.15) is 41.7 Å². The summed E-state index contributed by atoms with van der Waals surface area (Å²) in [6.07, 6.45) is -0.676. The van der Waals surface area contributed by atoms with Crippen molar-refractivity contribution in [1.82, 2.24) is 5.32 Å². The SMILES string of the molecule is CCOC(=O)Cc1ccc(NC(C)=O)cc1OCc1cc(-c2cccc(CNC(=O)OC(C)(C)C)c2F)c2oc(COC)cc2c1. The molecule has 0 saturated carbocycles. The molecule has 10 nitrogen and oxygen atoms in total. The summed E-state index contributed by atoms with van der Waals surface area (Å²) in [5, 5.41) is 6.04. The second-order valence-corrected chi connectivity index (χ2v) is 11.6. The maximum atomic E-state index is 16.0. The number of alkyl carbamates (subject to hydrolysis) is 1. The highest BCUT2D eigenvalue weighted by Crippen LogP contribution is 2.36. The fourth-order valence-electron chi connectivity index (χ4n) is 4.82. The van der Waals surface area contributed by atoms with Gasteiger partial charge in [0, 0.05) is 60.0 Å². The van der Waals surface area contributed by atoms with Crippen molar-refractivity contribution in [1.29, 1.82) is 0 Å². The number of benzene rings is 3. The Kier molecular flexibility index (Phi) is 11.0. The lowest BCUT2D eigenvalue weighted by molar-refractivity contribution is -0.142. The fourth-order valence-corrected chi connectivity index (χ4v) is 4.82. The quantitative estimate of drug-likeness (QED) is 0.159. The summed E-state index contributed by atoms with van der Waals surface area (Å²) in [5.41, 5.74) is 2.56. The van der Waals surface area contributed by atoms with Gasteiger partial charge in [-0.1, -0.05) is 24.3 Å². The number of esters is 1. The van der Waals surface area contributed by atoms with Gasteiger partial charge in [0.05, 0.1) is 13.0 Å². The second kappa shape index (κ2) is 14.9. The van der Waals surface area contributed by atoms with Gasteiger partial charge in [0.2, 0.25) is 5.91 Å². The van der Waals surface area contributed by atoms with Gasteiger partial charge in [-0.15, -0.1) is 0 Å². The van der Waals surface area contributed by atoms with Crippen molar-refractivity contribution in [3.63, 3.8) is 0 Å². The minimum absolute atomic E-state index is 0.0226. The lowest BCUT2D eigenvalue weighted by Gasteiger charge is -2.20. The number of nitrogens with one attached hydrogen (secondary N) is 2. The minimum atomic E-state index is -0.692. The maximum absolute atomic E-state index is 16.0. The molecule has 0 aliphatic heterocycles. The molecule has 0 aliphatic rings. The van der Waals surface area contributed by atoms with Crippen LogP contribution in [0.25, 0.3) is 22.1 Å². The smallest absolute Gasteiger partial charge is 0.407 e. The van der Waals surface area contributed by atoms with Crippen LogP contribution in [-0.4, -0.2) is 37.3 Å². The number of ether oxygens (including phenoxy) is 4. The molecule has 4 rings (SSSR count). The molecule has 2 amide bonds. The van der Waals surface area contributed by atoms with E-state index in [2.05, 4.69) is 10.6 Å². The molecular weight excluding hydrogens is 595 g/mol. The van der Waals surface area contributed by atoms with E-state index in [9.17, 15) is 14.4 Å². The molecule has 0 aliphatic carbocycles. The summed E-state index contributed by atoms with van der Waals surface area (Å²) in [5.74, 6) is -0.253. The molecule has 2 N–H and O–H groups in total. The Hall–Kier alpha value is -4.90. The predicted octanol–water partition coefficient (Wildman–Crippen LogP) is 7.05. The molecule has 46 heavy (non-hydrogen) atoms. The molecule has 0 spiro atoms. The molecule has 11 heteroatoms. The van der Waals surface area contributed by atoms with E-state index in [4.69, 9.17) is 23.4 Å². The van der Waals surface area contributed by atoms with Crippen LogP contribution in [0.1, 0.15) is 57.1 Å². The minimum Gasteiger partial charge on any atom is -0.489 e. The zero-order chi connectivity index (χ0) is 33.4. The number of carbonyl (C=O) groups excluding carboxylic acids is 3. The first-order chi connectivity index (χ1) is 21.9. The van der Waals surface area contributed by atoms with E-state index in [0.717, 1.165) is 0 Å². The number of furan rings is 1. The van der Waals surface area contributed by atoms with Gasteiger partial charge in [-0.05, 0) is 57.5 Å². The molecule has 0 saturated heterocycles. The number of methoxy groups -OCH3 is 1. The average Bonchev–Trinajstić information content (AvgIpc) is 3.38. The number of fused-ring (bicyclic) bond motifs is 1. The molecule has 4 aromatic rings. The van der Waals surface area contributed by atoms with Crippen LogP contribution in [0.5, 0.6) is 5.75 Å². The lowest BCUT2D eigenvalue weighted by Crippen LogP contribution is -2.32. The van der Waals surface area contributed by atoms with Crippen LogP contribution in [0.2, 0.25) is 0 Å². The second-order valence-electron chi connectivity index (χ2n) is 11.6. The third-order valence-corrected chi connectivity index (χ3v) is 6.63. The zero-order valence-electron chi connectivity index (χ0n) is 26.9. The highest BCUT2D eigenvalue weighted by Gasteiger charge is 2.20. The number of rotatable bonds is 12. The highest BCUT2D eigenvalue weighted by molar-refractivity contribution is 5.94. The third kappa shape index (κ3) is 9.07. The Bertz CT molecular complexity index is 1720. The summed E-state index contributed by atoms with van der Waals surface area (Å²) in [6.45, 7) is 8.80. The summed E-state index contributed by atoms with van der Waals surface area (Å²) < 4.78 is 44.0. The van der Waals surface area contributed by atoms with E-state index in [-0.39, 0.29) is 49.8 Å². The molecule has 1 heterocycles. The number of halogens is 1. The van der Waals surface area contributed by atoms with E-state index >= 15 is 4.39 Å².